The van der Waals surface area contributed by atoms with Crippen LogP contribution < -0.4 is 0 Å². The van der Waals surface area contributed by atoms with Crippen molar-refractivity contribution < 1.29 is 49.5 Å². The molecule has 0 aliphatic carbocycles. The topological polar surface area (TPSA) is 38.9 Å². The molecule has 0 N–H and O–H groups in total. The Kier molecular flexibility index (Phi) is 6.98. The van der Waals surface area contributed by atoms with Gasteiger partial charge in [-0.25, -0.2) is 0 Å². The number of furan rings is 1. The predicted molar refractivity (Wildman–Crippen MR) is 217 cm³/mol. The van der Waals surface area contributed by atoms with Crippen molar-refractivity contribution in [1.82, 2.24) is 9.97 Å². The summed E-state index contributed by atoms with van der Waals surface area (Å²) in [5.41, 5.74) is 2.11. The van der Waals surface area contributed by atoms with E-state index in [-0.39, 0.29) is 87.3 Å². The minimum absolute atomic E-state index is 0. The molecule has 5 heteroatoms. The van der Waals surface area contributed by atoms with Gasteiger partial charge in [0.2, 0.25) is 0 Å². The Hall–Kier alpha value is -5.22. The van der Waals surface area contributed by atoms with Gasteiger partial charge >= 0.3 is 0 Å². The molecule has 0 amide bonds. The molecule has 0 saturated carbocycles. The molecule has 0 aliphatic rings. The number of halogens is 1. The Morgan fingerprint density at radius 2 is 1.54 bits per heavy atom. The first-order valence-electron chi connectivity index (χ1n) is 24.3. The van der Waals surface area contributed by atoms with Crippen LogP contribution in [0.1, 0.15) is 69.1 Å². The van der Waals surface area contributed by atoms with Crippen LogP contribution in [0.3, 0.4) is 0 Å². The molecule has 8 aromatic rings. The second-order valence-corrected chi connectivity index (χ2v) is 13.5. The van der Waals surface area contributed by atoms with E-state index in [1.54, 1.807) is 45.0 Å². The van der Waals surface area contributed by atoms with E-state index in [4.69, 9.17) is 25.0 Å². The van der Waals surface area contributed by atoms with Crippen molar-refractivity contribution in [3.8, 4) is 44.8 Å². The maximum atomic E-state index is 15.5. The first-order chi connectivity index (χ1) is 31.5. The van der Waals surface area contributed by atoms with Crippen LogP contribution in [-0.2, 0) is 26.5 Å². The minimum atomic E-state index is -2.84. The van der Waals surface area contributed by atoms with Gasteiger partial charge in [0.05, 0.1) is 6.95 Å². The Bertz CT molecular complexity index is 3080. The summed E-state index contributed by atoms with van der Waals surface area (Å²) in [6, 6.07) is 32.8. The third kappa shape index (κ3) is 8.29. The number of pyridine rings is 2. The number of para-hydroxylation sites is 1. The Labute approximate surface area is 352 Å². The van der Waals surface area contributed by atoms with Crippen LogP contribution in [0.4, 0.5) is 4.39 Å². The van der Waals surface area contributed by atoms with Gasteiger partial charge in [-0.1, -0.05) is 118 Å². The number of aromatic nitrogens is 2. The third-order valence-electron chi connectivity index (χ3n) is 8.35. The zero-order valence-corrected chi connectivity index (χ0v) is 31.9. The van der Waals surface area contributed by atoms with Crippen molar-refractivity contribution in [2.24, 2.45) is 5.41 Å². The van der Waals surface area contributed by atoms with E-state index in [0.717, 1.165) is 23.4 Å². The number of fused-ring (bicyclic) bond motifs is 3. The number of hydrogen-bond acceptors (Lipinski definition) is 3. The van der Waals surface area contributed by atoms with Gasteiger partial charge in [-0.15, -0.1) is 47.5 Å². The number of rotatable bonds is 5. The van der Waals surface area contributed by atoms with Gasteiger partial charge in [-0.2, -0.15) is 0 Å². The number of hydrogen-bond donors (Lipinski definition) is 0. The van der Waals surface area contributed by atoms with Crippen LogP contribution in [0.5, 0.6) is 0 Å². The number of benzene rings is 5. The monoisotopic (exact) mass is 902 g/mol. The molecule has 3 heterocycles. The maximum absolute atomic E-state index is 15.5. The standard InChI is InChI=1S/C36H31FNO.C13H12N.Ir/c1-22-18-24(20-36(3,4)5)14-15-26(22)30-19-32(38-21-23(30)2)28-16-17-31(37)33-29-13-9-12-27(34(29)39-35(28)33)25-10-7-6-8-11-25;1-10-3-6-12(7-4-10)13-8-5-11(2)9-14-13;/h6-15,17-19,21H,20H2,1-5H3;3-6,8-9H,1-2H3;/q2*-1;/i1D3,2D3,15D,20D2;1D3,2D3;. The summed E-state index contributed by atoms with van der Waals surface area (Å²) < 4.78 is 142. The molecular weight excluding hydrogens is 844 g/mol. The van der Waals surface area contributed by atoms with E-state index in [1.165, 1.54) is 42.6 Å². The second-order valence-electron chi connectivity index (χ2n) is 13.5. The molecule has 5 aromatic carbocycles. The van der Waals surface area contributed by atoms with Crippen LogP contribution in [0.15, 0.2) is 126 Å². The summed E-state index contributed by atoms with van der Waals surface area (Å²) in [4.78, 5) is 8.48. The quantitative estimate of drug-likeness (QED) is 0.162. The van der Waals surface area contributed by atoms with Crippen LogP contribution in [-0.4, -0.2) is 9.97 Å². The molecular formula is C49H43FIrN2O-2. The number of aryl methyl sites for hydroxylation is 4. The largest absolute Gasteiger partial charge is 0.500 e. The summed E-state index contributed by atoms with van der Waals surface area (Å²) >= 11 is 0. The zero-order valence-electron chi connectivity index (χ0n) is 44.5. The molecule has 0 atom stereocenters. The van der Waals surface area contributed by atoms with E-state index >= 15 is 4.39 Å². The molecule has 3 aromatic heterocycles. The van der Waals surface area contributed by atoms with E-state index in [9.17, 15) is 0 Å². The Balaban J connectivity index is 0.000000312. The van der Waals surface area contributed by atoms with E-state index in [2.05, 4.69) is 22.1 Å². The van der Waals surface area contributed by atoms with E-state index < -0.39 is 45.0 Å². The molecule has 0 bridgehead atoms. The molecule has 0 spiro atoms. The molecule has 1 radical (unpaired) electrons. The van der Waals surface area contributed by atoms with Crippen molar-refractivity contribution in [3.05, 3.63) is 167 Å². The van der Waals surface area contributed by atoms with Crippen molar-refractivity contribution >= 4 is 21.9 Å². The fraction of sp³-hybridized carbons (Fsp3) is 0.184. The molecule has 273 valence electrons. The molecule has 0 saturated heterocycles. The summed E-state index contributed by atoms with van der Waals surface area (Å²) in [6.07, 6.45) is 0.379. The molecule has 8 rings (SSSR count). The van der Waals surface area contributed by atoms with Crippen LogP contribution >= 0.6 is 0 Å². The fourth-order valence-corrected chi connectivity index (χ4v) is 6.00. The van der Waals surface area contributed by atoms with Crippen molar-refractivity contribution in [2.75, 3.05) is 0 Å². The van der Waals surface area contributed by atoms with Gasteiger partial charge < -0.3 is 14.4 Å². The summed E-state index contributed by atoms with van der Waals surface area (Å²) in [5.74, 6) is -0.584. The smallest absolute Gasteiger partial charge is 0.128 e. The Morgan fingerprint density at radius 1 is 0.741 bits per heavy atom. The third-order valence-corrected chi connectivity index (χ3v) is 8.35. The van der Waals surface area contributed by atoms with Gasteiger partial charge in [0.1, 0.15) is 5.58 Å². The summed E-state index contributed by atoms with van der Waals surface area (Å²) in [6.45, 7) is -4.93. The molecule has 3 nitrogen and oxygen atoms in total. The van der Waals surface area contributed by atoms with E-state index in [1.807, 2.05) is 36.4 Å². The fourth-order valence-electron chi connectivity index (χ4n) is 6.00. The van der Waals surface area contributed by atoms with Crippen molar-refractivity contribution in [3.63, 3.8) is 0 Å². The van der Waals surface area contributed by atoms with E-state index in [0.29, 0.717) is 22.2 Å². The van der Waals surface area contributed by atoms with Gasteiger partial charge in [0.25, 0.3) is 0 Å². The van der Waals surface area contributed by atoms with Crippen molar-refractivity contribution in [1.29, 1.82) is 0 Å². The minimum Gasteiger partial charge on any atom is -0.500 e. The Morgan fingerprint density at radius 3 is 2.24 bits per heavy atom. The first-order valence-corrected chi connectivity index (χ1v) is 16.8. The average molecular weight is 902 g/mol. The summed E-state index contributed by atoms with van der Waals surface area (Å²) in [7, 11) is 0. The molecule has 0 fully saturated rings. The van der Waals surface area contributed by atoms with Gasteiger partial charge in [-0.05, 0) is 88.1 Å². The van der Waals surface area contributed by atoms with Crippen LogP contribution in [0.25, 0.3) is 66.7 Å². The first kappa shape index (κ1) is 23.5. The molecule has 0 unspecified atom stereocenters. The summed E-state index contributed by atoms with van der Waals surface area (Å²) in [5, 5.41) is 0.693. The normalized spacial score (nSPS) is 16.6. The average Bonchev–Trinajstić information content (AvgIpc) is 3.66. The molecule has 0 aliphatic heterocycles. The van der Waals surface area contributed by atoms with Crippen molar-refractivity contribution in [2.45, 2.75) is 54.6 Å². The zero-order chi connectivity index (χ0) is 49.9. The van der Waals surface area contributed by atoms with Gasteiger partial charge in [0, 0.05) is 68.5 Å². The second kappa shape index (κ2) is 16.0. The van der Waals surface area contributed by atoms with Gasteiger partial charge in [-0.3, -0.25) is 4.39 Å². The van der Waals surface area contributed by atoms with Crippen LogP contribution in [0, 0.1) is 50.8 Å². The predicted octanol–water partition coefficient (Wildman–Crippen LogP) is 13.3. The number of nitrogens with zero attached hydrogens (tertiary/aromatic N) is 2. The maximum Gasteiger partial charge on any atom is 0.128 e. The van der Waals surface area contributed by atoms with Crippen LogP contribution in [0.2, 0.25) is 0 Å². The SMILES string of the molecule is [2H]C([2H])([2H])c1c[c-]c(-c2ccc(C([2H])([2H])[2H])cn2)cc1.[2H]c1cc(C([2H])([2H])C(C)(C)C)cc(C([2H])([2H])[2H])c1-c1cc(-c2[c-]cc(F)c3c2oc2c(-c4ccccc4)cccc23)ncc1C([2H])([2H])[2H].[Ir]. The molecule has 54 heavy (non-hydrogen) atoms. The van der Waals surface area contributed by atoms with Gasteiger partial charge in [0.15, 0.2) is 0 Å².